The first-order valence-electron chi connectivity index (χ1n) is 11.4. The van der Waals surface area contributed by atoms with Gasteiger partial charge in [0.05, 0.1) is 24.9 Å². The summed E-state index contributed by atoms with van der Waals surface area (Å²) in [6, 6.07) is 9.11. The summed E-state index contributed by atoms with van der Waals surface area (Å²) in [5, 5.41) is 51.5. The number of rotatable bonds is 7. The average Bonchev–Trinajstić information content (AvgIpc) is 3.57. The van der Waals surface area contributed by atoms with Crippen molar-refractivity contribution in [3.05, 3.63) is 54.3 Å². The molecule has 11 nitrogen and oxygen atoms in total. The van der Waals surface area contributed by atoms with Gasteiger partial charge in [0.1, 0.15) is 42.7 Å². The number of carbonyl (C=O) groups excluding carboxylic acids is 1. The number of aliphatic hydroxyl groups is 5. The minimum atomic E-state index is -1.65. The second-order valence-corrected chi connectivity index (χ2v) is 9.10. The lowest BCUT2D eigenvalue weighted by molar-refractivity contribution is -0.344. The highest BCUT2D eigenvalue weighted by Gasteiger charge is 2.75. The van der Waals surface area contributed by atoms with Crippen LogP contribution in [0.25, 0.3) is 6.08 Å². The molecule has 0 radical (unpaired) electrons. The van der Waals surface area contributed by atoms with Crippen LogP contribution in [0.2, 0.25) is 0 Å². The number of carbonyl (C=O) groups is 1. The number of aliphatic hydroxyl groups excluding tert-OH is 5. The maximum atomic E-state index is 12.1. The van der Waals surface area contributed by atoms with Crippen LogP contribution in [-0.2, 0) is 28.5 Å². The van der Waals surface area contributed by atoms with Crippen LogP contribution in [0.15, 0.2) is 48.7 Å². The Morgan fingerprint density at radius 1 is 1.03 bits per heavy atom. The van der Waals surface area contributed by atoms with Crippen LogP contribution in [-0.4, -0.2) is 99.5 Å². The van der Waals surface area contributed by atoms with E-state index in [1.807, 2.05) is 30.3 Å². The largest absolute Gasteiger partial charge is 0.472 e. The number of ether oxygens (including phenoxy) is 5. The van der Waals surface area contributed by atoms with Gasteiger partial charge in [-0.05, 0) is 17.7 Å². The summed E-state index contributed by atoms with van der Waals surface area (Å²) in [5.41, 5.74) is -0.248. The number of hydrogen-bond acceptors (Lipinski definition) is 11. The standard InChI is InChI=1S/C24H28O11/c25-11-24-16-13(17(27)21(24)35-24)8-9-31-22(16)34-23-20(30)19(29)18(28)14(33-23)10-32-15(26)7-6-12-4-2-1-3-5-12/h1-9,13-14,16-23,25,27-30H,10-11H2/b7-6+. The Hall–Kier alpha value is -2.35. The van der Waals surface area contributed by atoms with E-state index in [1.54, 1.807) is 12.2 Å². The van der Waals surface area contributed by atoms with Crippen molar-refractivity contribution < 1.29 is 54.0 Å². The highest BCUT2D eigenvalue weighted by molar-refractivity contribution is 5.87. The lowest BCUT2D eigenvalue weighted by atomic mass is 9.85. The monoisotopic (exact) mass is 492 g/mol. The summed E-state index contributed by atoms with van der Waals surface area (Å²) < 4.78 is 27.7. The predicted octanol–water partition coefficient (Wildman–Crippen LogP) is -1.33. The molecule has 0 spiro atoms. The number of esters is 1. The molecular formula is C24H28O11. The molecule has 5 rings (SSSR count). The molecule has 11 heteroatoms. The third kappa shape index (κ3) is 4.39. The number of fused-ring (bicyclic) bond motifs is 3. The summed E-state index contributed by atoms with van der Waals surface area (Å²) >= 11 is 0. The smallest absolute Gasteiger partial charge is 0.330 e. The molecule has 2 saturated heterocycles. The number of epoxide rings is 1. The van der Waals surface area contributed by atoms with Gasteiger partial charge in [0.15, 0.2) is 6.29 Å². The molecule has 11 atom stereocenters. The van der Waals surface area contributed by atoms with Gasteiger partial charge >= 0.3 is 5.97 Å². The summed E-state index contributed by atoms with van der Waals surface area (Å²) in [6.45, 7) is -0.776. The van der Waals surface area contributed by atoms with Gasteiger partial charge in [-0.2, -0.15) is 0 Å². The third-order valence-electron chi connectivity index (χ3n) is 7.05. The van der Waals surface area contributed by atoms with E-state index in [-0.39, 0.29) is 6.61 Å². The SMILES string of the molecule is O=C(/C=C/c1ccccc1)OCC1OC(OC2OC=CC3C(O)C4OC4(CO)C23)C(O)C(O)C1O. The van der Waals surface area contributed by atoms with Crippen LogP contribution in [0.3, 0.4) is 0 Å². The number of benzene rings is 1. The van der Waals surface area contributed by atoms with Gasteiger partial charge in [0, 0.05) is 12.0 Å². The molecular weight excluding hydrogens is 464 g/mol. The Morgan fingerprint density at radius 3 is 2.54 bits per heavy atom. The fourth-order valence-electron chi connectivity index (χ4n) is 5.10. The van der Waals surface area contributed by atoms with Gasteiger partial charge in [-0.3, -0.25) is 0 Å². The van der Waals surface area contributed by atoms with Gasteiger partial charge in [-0.15, -0.1) is 0 Å². The Bertz CT molecular complexity index is 967. The first kappa shape index (κ1) is 24.3. The molecule has 190 valence electrons. The van der Waals surface area contributed by atoms with Crippen LogP contribution in [0.1, 0.15) is 5.56 Å². The van der Waals surface area contributed by atoms with Crippen LogP contribution in [0, 0.1) is 11.8 Å². The van der Waals surface area contributed by atoms with Crippen molar-refractivity contribution in [1.29, 1.82) is 0 Å². The quantitative estimate of drug-likeness (QED) is 0.174. The Morgan fingerprint density at radius 2 is 1.80 bits per heavy atom. The van der Waals surface area contributed by atoms with E-state index in [2.05, 4.69) is 0 Å². The van der Waals surface area contributed by atoms with E-state index < -0.39 is 79.2 Å². The maximum absolute atomic E-state index is 12.1. The summed E-state index contributed by atoms with van der Waals surface area (Å²) in [7, 11) is 0. The molecule has 0 aromatic heterocycles. The first-order valence-corrected chi connectivity index (χ1v) is 11.4. The minimum Gasteiger partial charge on any atom is -0.472 e. The van der Waals surface area contributed by atoms with E-state index in [1.165, 1.54) is 12.3 Å². The fraction of sp³-hybridized carbons (Fsp3) is 0.542. The zero-order chi connectivity index (χ0) is 24.7. The Kier molecular flexibility index (Phi) is 6.68. The van der Waals surface area contributed by atoms with Crippen molar-refractivity contribution >= 4 is 12.0 Å². The van der Waals surface area contributed by atoms with Crippen LogP contribution < -0.4 is 0 Å². The Balaban J connectivity index is 1.22. The van der Waals surface area contributed by atoms with Gasteiger partial charge in [-0.25, -0.2) is 4.79 Å². The van der Waals surface area contributed by atoms with E-state index in [4.69, 9.17) is 23.7 Å². The molecule has 1 aromatic rings. The molecule has 1 aliphatic carbocycles. The maximum Gasteiger partial charge on any atom is 0.330 e. The lowest BCUT2D eigenvalue weighted by Crippen LogP contribution is -2.60. The second-order valence-electron chi connectivity index (χ2n) is 9.10. The van der Waals surface area contributed by atoms with E-state index in [0.29, 0.717) is 0 Å². The van der Waals surface area contributed by atoms with Crippen molar-refractivity contribution in [1.82, 2.24) is 0 Å². The average molecular weight is 492 g/mol. The minimum absolute atomic E-state index is 0.364. The highest BCUT2D eigenvalue weighted by Crippen LogP contribution is 2.59. The van der Waals surface area contributed by atoms with Crippen molar-refractivity contribution in [2.24, 2.45) is 11.8 Å². The second kappa shape index (κ2) is 9.60. The van der Waals surface area contributed by atoms with Crippen molar-refractivity contribution in [3.8, 4) is 0 Å². The zero-order valence-corrected chi connectivity index (χ0v) is 18.6. The third-order valence-corrected chi connectivity index (χ3v) is 7.05. The molecule has 0 bridgehead atoms. The summed E-state index contributed by atoms with van der Waals surface area (Å²) in [5.74, 6) is -1.70. The van der Waals surface area contributed by atoms with Gasteiger partial charge in [-0.1, -0.05) is 30.3 Å². The predicted molar refractivity (Wildman–Crippen MR) is 116 cm³/mol. The molecule has 1 saturated carbocycles. The van der Waals surface area contributed by atoms with Crippen molar-refractivity contribution in [3.63, 3.8) is 0 Å². The molecule has 3 heterocycles. The van der Waals surface area contributed by atoms with Crippen LogP contribution in [0.5, 0.6) is 0 Å². The Labute approximate surface area is 200 Å². The molecule has 3 fully saturated rings. The van der Waals surface area contributed by atoms with E-state index in [9.17, 15) is 30.3 Å². The molecule has 11 unspecified atom stereocenters. The molecule has 0 amide bonds. The van der Waals surface area contributed by atoms with E-state index in [0.717, 1.165) is 5.56 Å². The summed E-state index contributed by atoms with van der Waals surface area (Å²) in [6.07, 6.45) is -4.23. The molecule has 4 aliphatic rings. The highest BCUT2D eigenvalue weighted by atomic mass is 16.8. The summed E-state index contributed by atoms with van der Waals surface area (Å²) in [4.78, 5) is 12.1. The molecule has 5 N–H and O–H groups in total. The fourth-order valence-corrected chi connectivity index (χ4v) is 5.10. The number of hydrogen-bond donors (Lipinski definition) is 5. The van der Waals surface area contributed by atoms with Crippen molar-refractivity contribution in [2.45, 2.75) is 54.8 Å². The topological polar surface area (TPSA) is 168 Å². The van der Waals surface area contributed by atoms with Gasteiger partial charge < -0.3 is 49.2 Å². The zero-order valence-electron chi connectivity index (χ0n) is 18.6. The lowest BCUT2D eigenvalue weighted by Gasteiger charge is -2.43. The molecule has 3 aliphatic heterocycles. The van der Waals surface area contributed by atoms with Gasteiger partial charge in [0.25, 0.3) is 0 Å². The van der Waals surface area contributed by atoms with Crippen molar-refractivity contribution in [2.75, 3.05) is 13.2 Å². The van der Waals surface area contributed by atoms with Gasteiger partial charge in [0.2, 0.25) is 6.29 Å². The normalized spacial score (nSPS) is 43.9. The van der Waals surface area contributed by atoms with Crippen LogP contribution in [0.4, 0.5) is 0 Å². The molecule has 1 aromatic carbocycles. The first-order chi connectivity index (χ1) is 16.9. The van der Waals surface area contributed by atoms with E-state index >= 15 is 0 Å². The van der Waals surface area contributed by atoms with Crippen LogP contribution >= 0.6 is 0 Å². The molecule has 35 heavy (non-hydrogen) atoms.